The van der Waals surface area contributed by atoms with Gasteiger partial charge < -0.3 is 15.0 Å². The van der Waals surface area contributed by atoms with Crippen LogP contribution in [0.15, 0.2) is 0 Å². The highest BCUT2D eigenvalue weighted by molar-refractivity contribution is 7.91. The van der Waals surface area contributed by atoms with E-state index in [2.05, 4.69) is 5.32 Å². The fourth-order valence-corrected chi connectivity index (χ4v) is 5.62. The summed E-state index contributed by atoms with van der Waals surface area (Å²) in [6.07, 6.45) is 7.37. The molecule has 1 heterocycles. The van der Waals surface area contributed by atoms with Crippen molar-refractivity contribution in [2.45, 2.75) is 63.1 Å². The summed E-state index contributed by atoms with van der Waals surface area (Å²) in [7, 11) is -1.26. The number of hydrogen-bond acceptors (Lipinski definition) is 4. The fraction of sp³-hybridized carbons (Fsp3) is 0.938. The number of carbonyl (C=O) groups excluding carboxylic acids is 1. The van der Waals surface area contributed by atoms with Crippen molar-refractivity contribution in [3.05, 3.63) is 0 Å². The lowest BCUT2D eigenvalue weighted by molar-refractivity contribution is 0.0613. The monoisotopic (exact) mass is 344 g/mol. The molecule has 2 aliphatic carbocycles. The summed E-state index contributed by atoms with van der Waals surface area (Å²) in [5.74, 6) is 0.599. The van der Waals surface area contributed by atoms with Crippen molar-refractivity contribution in [1.82, 2.24) is 10.2 Å². The maximum Gasteiger partial charge on any atom is 0.317 e. The summed E-state index contributed by atoms with van der Waals surface area (Å²) >= 11 is 0. The first-order chi connectivity index (χ1) is 11.0. The number of nitrogens with one attached hydrogen (secondary N) is 1. The molecule has 0 aromatic heterocycles. The molecule has 1 aliphatic heterocycles. The van der Waals surface area contributed by atoms with Crippen LogP contribution in [0.1, 0.15) is 44.9 Å². The molecule has 0 aromatic carbocycles. The summed E-state index contributed by atoms with van der Waals surface area (Å²) in [5.41, 5.74) is 0. The lowest BCUT2D eigenvalue weighted by Gasteiger charge is -2.44. The predicted octanol–water partition coefficient (Wildman–Crippen LogP) is 1.55. The third-order valence-electron chi connectivity index (χ3n) is 5.76. The van der Waals surface area contributed by atoms with Gasteiger partial charge in [-0.3, -0.25) is 0 Å². The van der Waals surface area contributed by atoms with E-state index in [1.807, 2.05) is 0 Å². The molecule has 3 fully saturated rings. The van der Waals surface area contributed by atoms with Gasteiger partial charge in [0.15, 0.2) is 9.84 Å². The maximum absolute atomic E-state index is 12.7. The number of amides is 2. The van der Waals surface area contributed by atoms with Crippen molar-refractivity contribution in [3.63, 3.8) is 0 Å². The number of rotatable bonds is 3. The number of ether oxygens (including phenoxy) is 1. The average Bonchev–Trinajstić information content (AvgIpc) is 2.45. The molecule has 3 aliphatic rings. The van der Waals surface area contributed by atoms with E-state index >= 15 is 0 Å². The van der Waals surface area contributed by atoms with Crippen LogP contribution >= 0.6 is 0 Å². The lowest BCUT2D eigenvalue weighted by Crippen LogP contribution is -2.59. The van der Waals surface area contributed by atoms with Crippen LogP contribution in [0.25, 0.3) is 0 Å². The minimum absolute atomic E-state index is 0.0716. The zero-order valence-corrected chi connectivity index (χ0v) is 14.7. The van der Waals surface area contributed by atoms with E-state index in [1.165, 1.54) is 0 Å². The van der Waals surface area contributed by atoms with Gasteiger partial charge in [0.1, 0.15) is 0 Å². The van der Waals surface area contributed by atoms with Crippen molar-refractivity contribution in [1.29, 1.82) is 0 Å². The number of sulfone groups is 1. The normalized spacial score (nSPS) is 34.7. The highest BCUT2D eigenvalue weighted by atomic mass is 32.2. The molecule has 1 atom stereocenters. The Bertz CT molecular complexity index is 524. The van der Waals surface area contributed by atoms with Gasteiger partial charge in [-0.05, 0) is 44.4 Å². The molecule has 0 aromatic rings. The van der Waals surface area contributed by atoms with Crippen molar-refractivity contribution in [2.24, 2.45) is 5.92 Å². The Morgan fingerprint density at radius 2 is 1.83 bits per heavy atom. The molecule has 1 unspecified atom stereocenters. The molecular formula is C16H28N2O4S. The van der Waals surface area contributed by atoms with Crippen molar-refractivity contribution >= 4 is 15.9 Å². The van der Waals surface area contributed by atoms with Crippen LogP contribution in [0.3, 0.4) is 0 Å². The maximum atomic E-state index is 12.7. The average molecular weight is 344 g/mol. The van der Waals surface area contributed by atoms with E-state index in [-0.39, 0.29) is 29.6 Å². The molecule has 0 bridgehead atoms. The van der Waals surface area contributed by atoms with Gasteiger partial charge in [0, 0.05) is 19.7 Å². The molecule has 7 heteroatoms. The van der Waals surface area contributed by atoms with E-state index in [1.54, 1.807) is 12.0 Å². The first-order valence-electron chi connectivity index (χ1n) is 8.79. The van der Waals surface area contributed by atoms with E-state index < -0.39 is 9.84 Å². The molecule has 1 saturated heterocycles. The molecule has 2 saturated carbocycles. The van der Waals surface area contributed by atoms with E-state index in [4.69, 9.17) is 4.74 Å². The number of carbonyl (C=O) groups is 1. The van der Waals surface area contributed by atoms with E-state index in [0.29, 0.717) is 18.6 Å². The Kier molecular flexibility index (Phi) is 5.16. The Balaban J connectivity index is 1.59. The first-order valence-corrected chi connectivity index (χ1v) is 10.6. The van der Waals surface area contributed by atoms with Gasteiger partial charge in [0.2, 0.25) is 0 Å². The molecular weight excluding hydrogens is 316 g/mol. The fourth-order valence-electron chi connectivity index (χ4n) is 4.00. The Morgan fingerprint density at radius 1 is 1.13 bits per heavy atom. The Morgan fingerprint density at radius 3 is 2.39 bits per heavy atom. The van der Waals surface area contributed by atoms with Gasteiger partial charge in [0.05, 0.1) is 23.7 Å². The van der Waals surface area contributed by atoms with Crippen molar-refractivity contribution < 1.29 is 17.9 Å². The van der Waals surface area contributed by atoms with Gasteiger partial charge in [-0.2, -0.15) is 0 Å². The number of nitrogens with zero attached hydrogens (tertiary/aromatic N) is 1. The molecule has 2 amide bonds. The number of hydrogen-bond donors (Lipinski definition) is 1. The zero-order valence-electron chi connectivity index (χ0n) is 13.9. The van der Waals surface area contributed by atoms with Crippen LogP contribution in [0, 0.1) is 5.92 Å². The van der Waals surface area contributed by atoms with Crippen LogP contribution in [0.2, 0.25) is 0 Å². The molecule has 23 heavy (non-hydrogen) atoms. The summed E-state index contributed by atoms with van der Waals surface area (Å²) < 4.78 is 29.3. The lowest BCUT2D eigenvalue weighted by atomic mass is 9.79. The summed E-state index contributed by atoms with van der Waals surface area (Å²) in [4.78, 5) is 14.5. The van der Waals surface area contributed by atoms with E-state index in [9.17, 15) is 13.2 Å². The number of urea groups is 1. The standard InChI is InChI=1S/C16H28N2O4S/c1-22-14-7-5-13(6-8-14)17-16(19)18-9-10-23(20,21)11-15(18)12-3-2-4-12/h12-15H,2-11H2,1H3,(H,17,19). The van der Waals surface area contributed by atoms with Crippen molar-refractivity contribution in [3.8, 4) is 0 Å². The Hall–Kier alpha value is -0.820. The predicted molar refractivity (Wildman–Crippen MR) is 88.1 cm³/mol. The smallest absolute Gasteiger partial charge is 0.317 e. The van der Waals surface area contributed by atoms with Crippen LogP contribution in [-0.2, 0) is 14.6 Å². The highest BCUT2D eigenvalue weighted by Gasteiger charge is 2.41. The minimum Gasteiger partial charge on any atom is -0.381 e. The van der Waals surface area contributed by atoms with Gasteiger partial charge in [0.25, 0.3) is 0 Å². The van der Waals surface area contributed by atoms with Crippen LogP contribution in [0.4, 0.5) is 4.79 Å². The molecule has 0 spiro atoms. The topological polar surface area (TPSA) is 75.7 Å². The quantitative estimate of drug-likeness (QED) is 0.843. The summed E-state index contributed by atoms with van der Waals surface area (Å²) in [6.45, 7) is 0.336. The zero-order chi connectivity index (χ0) is 16.4. The highest BCUT2D eigenvalue weighted by Crippen LogP contribution is 2.34. The molecule has 0 radical (unpaired) electrons. The second-order valence-corrected chi connectivity index (χ2v) is 9.45. The van der Waals surface area contributed by atoms with Crippen LogP contribution in [0.5, 0.6) is 0 Å². The third kappa shape index (κ3) is 3.99. The van der Waals surface area contributed by atoms with E-state index in [0.717, 1.165) is 44.9 Å². The first kappa shape index (κ1) is 17.0. The van der Waals surface area contributed by atoms with Crippen LogP contribution < -0.4 is 5.32 Å². The molecule has 132 valence electrons. The summed E-state index contributed by atoms with van der Waals surface area (Å²) in [6, 6.07) is -0.00930. The molecule has 1 N–H and O–H groups in total. The second-order valence-electron chi connectivity index (χ2n) is 7.22. The number of methoxy groups -OCH3 is 1. The van der Waals surface area contributed by atoms with Crippen LogP contribution in [-0.4, -0.2) is 62.7 Å². The molecule has 6 nitrogen and oxygen atoms in total. The summed E-state index contributed by atoms with van der Waals surface area (Å²) in [5, 5.41) is 3.13. The van der Waals surface area contributed by atoms with Gasteiger partial charge >= 0.3 is 6.03 Å². The molecule has 3 rings (SSSR count). The second kappa shape index (κ2) is 6.97. The largest absolute Gasteiger partial charge is 0.381 e. The third-order valence-corrected chi connectivity index (χ3v) is 7.41. The van der Waals surface area contributed by atoms with Crippen molar-refractivity contribution in [2.75, 3.05) is 25.2 Å². The Labute approximate surface area is 138 Å². The minimum atomic E-state index is -3.00. The SMILES string of the molecule is COC1CCC(NC(=O)N2CCS(=O)(=O)CC2C2CCC2)CC1. The van der Waals surface area contributed by atoms with Gasteiger partial charge in [-0.15, -0.1) is 0 Å². The van der Waals surface area contributed by atoms with Gasteiger partial charge in [-0.25, -0.2) is 13.2 Å². The van der Waals surface area contributed by atoms with Gasteiger partial charge in [-0.1, -0.05) is 6.42 Å².